The van der Waals surface area contributed by atoms with Gasteiger partial charge in [0.25, 0.3) is 0 Å². The van der Waals surface area contributed by atoms with E-state index in [-0.39, 0.29) is 0 Å². The second kappa shape index (κ2) is 9.88. The van der Waals surface area contributed by atoms with Gasteiger partial charge in [-0.1, -0.05) is 19.3 Å². The van der Waals surface area contributed by atoms with Gasteiger partial charge in [-0.2, -0.15) is 0 Å². The molecule has 0 aromatic carbocycles. The number of nitrogens with zero attached hydrogens (tertiary/aromatic N) is 3. The molecule has 1 aliphatic rings. The molecular weight excluding hydrogens is 326 g/mol. The third kappa shape index (κ3) is 5.17. The third-order valence-corrected chi connectivity index (χ3v) is 5.23. The van der Waals surface area contributed by atoms with Crippen molar-refractivity contribution in [1.82, 2.24) is 19.9 Å². The smallest absolute Gasteiger partial charge is 0.157 e. The maximum absolute atomic E-state index is 6.06. The highest BCUT2D eigenvalue weighted by Gasteiger charge is 2.12. The molecule has 26 heavy (non-hydrogen) atoms. The molecule has 0 saturated carbocycles. The van der Waals surface area contributed by atoms with Crippen LogP contribution < -0.4 is 5.73 Å². The molecule has 1 aliphatic heterocycles. The zero-order valence-electron chi connectivity index (χ0n) is 16.1. The lowest BCUT2D eigenvalue weighted by Crippen LogP contribution is -2.30. The zero-order valence-corrected chi connectivity index (χ0v) is 16.1. The predicted molar refractivity (Wildman–Crippen MR) is 106 cm³/mol. The Labute approximate surface area is 156 Å². The zero-order chi connectivity index (χ0) is 18.2. The number of nitrogens with two attached hydrogens (primary N) is 1. The number of hydrogen-bond donors (Lipinski definition) is 2. The van der Waals surface area contributed by atoms with Gasteiger partial charge in [0, 0.05) is 12.8 Å². The van der Waals surface area contributed by atoms with Gasteiger partial charge in [-0.25, -0.2) is 9.97 Å². The van der Waals surface area contributed by atoms with Crippen LogP contribution in [0, 0.1) is 0 Å². The predicted octanol–water partition coefficient (Wildman–Crippen LogP) is 3.67. The Morgan fingerprint density at radius 2 is 1.92 bits per heavy atom. The van der Waals surface area contributed by atoms with E-state index < -0.39 is 0 Å². The molecule has 3 rings (SSSR count). The quantitative estimate of drug-likeness (QED) is 0.633. The molecule has 0 spiro atoms. The lowest BCUT2D eigenvalue weighted by atomic mass is 10.1. The molecule has 2 aromatic heterocycles. The lowest BCUT2D eigenvalue weighted by Gasteiger charge is -2.26. The van der Waals surface area contributed by atoms with E-state index in [9.17, 15) is 0 Å². The molecule has 0 radical (unpaired) electrons. The van der Waals surface area contributed by atoms with E-state index in [1.165, 1.54) is 70.1 Å². The van der Waals surface area contributed by atoms with Crippen LogP contribution in [-0.4, -0.2) is 46.1 Å². The van der Waals surface area contributed by atoms with Crippen molar-refractivity contribution in [2.45, 2.75) is 64.9 Å². The van der Waals surface area contributed by atoms with Crippen molar-refractivity contribution in [2.75, 3.05) is 32.0 Å². The van der Waals surface area contributed by atoms with Gasteiger partial charge in [0.05, 0.1) is 5.52 Å². The summed E-state index contributed by atoms with van der Waals surface area (Å²) in [5.74, 6) is 1.18. The fraction of sp³-hybridized carbons (Fsp3) is 0.700. The minimum absolute atomic E-state index is 0.414. The summed E-state index contributed by atoms with van der Waals surface area (Å²) in [7, 11) is 0. The number of nitrogen functional groups attached to an aromatic ring is 1. The number of nitrogens with one attached hydrogen (secondary N) is 1. The number of fused-ring (bicyclic) bond motifs is 1. The maximum atomic E-state index is 6.06. The molecule has 3 heterocycles. The topological polar surface area (TPSA) is 80.1 Å². The summed E-state index contributed by atoms with van der Waals surface area (Å²) >= 11 is 0. The van der Waals surface area contributed by atoms with Crippen LogP contribution in [0.15, 0.2) is 6.20 Å². The molecule has 2 aromatic rings. The molecule has 0 bridgehead atoms. The van der Waals surface area contributed by atoms with Crippen molar-refractivity contribution in [2.24, 2.45) is 0 Å². The van der Waals surface area contributed by atoms with Crippen molar-refractivity contribution in [1.29, 1.82) is 0 Å². The first kappa shape index (κ1) is 19.1. The van der Waals surface area contributed by atoms with E-state index >= 15 is 0 Å². The third-order valence-electron chi connectivity index (χ3n) is 5.23. The van der Waals surface area contributed by atoms with Gasteiger partial charge >= 0.3 is 0 Å². The summed E-state index contributed by atoms with van der Waals surface area (Å²) in [5, 5.41) is 0. The second-order valence-electron chi connectivity index (χ2n) is 7.27. The van der Waals surface area contributed by atoms with Crippen LogP contribution in [-0.2, 0) is 17.8 Å². The normalized spacial score (nSPS) is 15.7. The summed E-state index contributed by atoms with van der Waals surface area (Å²) in [5.41, 5.74) is 9.11. The van der Waals surface area contributed by atoms with E-state index in [1.54, 1.807) is 0 Å². The van der Waals surface area contributed by atoms with Crippen LogP contribution >= 0.6 is 0 Å². The van der Waals surface area contributed by atoms with Gasteiger partial charge in [-0.05, 0) is 64.2 Å². The minimum atomic E-state index is 0.414. The summed E-state index contributed by atoms with van der Waals surface area (Å²) in [6.07, 6.45) is 12.4. The van der Waals surface area contributed by atoms with Crippen molar-refractivity contribution in [3.8, 4) is 0 Å². The molecule has 3 N–H and O–H groups in total. The summed E-state index contributed by atoms with van der Waals surface area (Å²) in [6, 6.07) is 0. The number of ether oxygens (including phenoxy) is 1. The van der Waals surface area contributed by atoms with Crippen LogP contribution in [0.4, 0.5) is 5.82 Å². The van der Waals surface area contributed by atoms with Crippen LogP contribution in [0.1, 0.15) is 63.3 Å². The number of piperidine rings is 1. The molecule has 6 nitrogen and oxygen atoms in total. The van der Waals surface area contributed by atoms with Gasteiger partial charge in [0.15, 0.2) is 11.6 Å². The Kier molecular flexibility index (Phi) is 7.26. The number of aryl methyl sites for hydroxylation is 1. The number of anilines is 1. The number of hydrogen-bond acceptors (Lipinski definition) is 5. The van der Waals surface area contributed by atoms with Gasteiger partial charge in [-0.3, -0.25) is 0 Å². The summed E-state index contributed by atoms with van der Waals surface area (Å²) in [6.45, 7) is 6.92. The Morgan fingerprint density at radius 1 is 1.12 bits per heavy atom. The van der Waals surface area contributed by atoms with Crippen LogP contribution in [0.3, 0.4) is 0 Å². The number of H-pyrrole nitrogens is 1. The highest BCUT2D eigenvalue weighted by Crippen LogP contribution is 2.22. The average Bonchev–Trinajstić information content (AvgIpc) is 3.07. The number of aromatic nitrogens is 3. The number of aromatic amines is 1. The monoisotopic (exact) mass is 359 g/mol. The molecule has 6 heteroatoms. The SMILES string of the molecule is CCOCc1nc(N)c2[nH]cc(CCCCCCN3CCCCC3)c2n1. The van der Waals surface area contributed by atoms with E-state index in [2.05, 4.69) is 19.9 Å². The van der Waals surface area contributed by atoms with Gasteiger partial charge in [0.2, 0.25) is 0 Å². The first-order valence-electron chi connectivity index (χ1n) is 10.2. The number of rotatable bonds is 10. The molecule has 0 atom stereocenters. The summed E-state index contributed by atoms with van der Waals surface area (Å²) in [4.78, 5) is 14.8. The van der Waals surface area contributed by atoms with E-state index in [4.69, 9.17) is 10.5 Å². The van der Waals surface area contributed by atoms with E-state index in [0.717, 1.165) is 17.5 Å². The first-order valence-corrected chi connectivity index (χ1v) is 10.2. The summed E-state index contributed by atoms with van der Waals surface area (Å²) < 4.78 is 5.42. The van der Waals surface area contributed by atoms with Crippen molar-refractivity contribution < 1.29 is 4.74 Å². The first-order chi connectivity index (χ1) is 12.8. The number of unbranched alkanes of at least 4 members (excludes halogenated alkanes) is 3. The van der Waals surface area contributed by atoms with Crippen molar-refractivity contribution >= 4 is 16.9 Å². The van der Waals surface area contributed by atoms with Crippen LogP contribution in [0.5, 0.6) is 0 Å². The highest BCUT2D eigenvalue weighted by atomic mass is 16.5. The Bertz CT molecular complexity index is 678. The fourth-order valence-electron chi connectivity index (χ4n) is 3.76. The number of likely N-dealkylation sites (tertiary alicyclic amines) is 1. The second-order valence-corrected chi connectivity index (χ2v) is 7.27. The Hall–Kier alpha value is -1.66. The molecular formula is C20H33N5O. The maximum Gasteiger partial charge on any atom is 0.157 e. The molecule has 1 fully saturated rings. The van der Waals surface area contributed by atoms with Crippen molar-refractivity contribution in [3.05, 3.63) is 17.6 Å². The van der Waals surface area contributed by atoms with Crippen molar-refractivity contribution in [3.63, 3.8) is 0 Å². The molecule has 0 unspecified atom stereocenters. The highest BCUT2D eigenvalue weighted by molar-refractivity contribution is 5.87. The molecule has 0 aliphatic carbocycles. The van der Waals surface area contributed by atoms with Gasteiger partial charge in [-0.15, -0.1) is 0 Å². The standard InChI is InChI=1S/C20H33N5O/c1-2-26-15-17-23-18-16(14-22-19(18)20(21)24-17)10-6-3-4-7-11-25-12-8-5-9-13-25/h14,22H,2-13,15H2,1H3,(H2,21,23,24). The Morgan fingerprint density at radius 3 is 2.73 bits per heavy atom. The molecule has 1 saturated heterocycles. The Balaban J connectivity index is 1.45. The van der Waals surface area contributed by atoms with Gasteiger partial charge < -0.3 is 20.4 Å². The molecule has 0 amide bonds. The van der Waals surface area contributed by atoms with Crippen LogP contribution in [0.25, 0.3) is 11.0 Å². The van der Waals surface area contributed by atoms with Crippen LogP contribution in [0.2, 0.25) is 0 Å². The average molecular weight is 360 g/mol. The lowest BCUT2D eigenvalue weighted by molar-refractivity contribution is 0.128. The fourth-order valence-corrected chi connectivity index (χ4v) is 3.76. The van der Waals surface area contributed by atoms with E-state index in [0.29, 0.717) is 24.9 Å². The van der Waals surface area contributed by atoms with Gasteiger partial charge in [0.1, 0.15) is 12.1 Å². The largest absolute Gasteiger partial charge is 0.382 e. The minimum Gasteiger partial charge on any atom is -0.382 e. The molecule has 144 valence electrons. The van der Waals surface area contributed by atoms with E-state index in [1.807, 2.05) is 13.1 Å².